The minimum absolute atomic E-state index is 0.142. The predicted octanol–water partition coefficient (Wildman–Crippen LogP) is 2.26. The smallest absolute Gasteiger partial charge is 0.258 e. The van der Waals surface area contributed by atoms with Crippen LogP contribution in [0.4, 0.5) is 4.39 Å². The van der Waals surface area contributed by atoms with Gasteiger partial charge in [-0.3, -0.25) is 4.79 Å². The summed E-state index contributed by atoms with van der Waals surface area (Å²) in [6, 6.07) is 5.50. The van der Waals surface area contributed by atoms with Gasteiger partial charge in [0, 0.05) is 6.54 Å². The first-order valence-corrected chi connectivity index (χ1v) is 7.34. The lowest BCUT2D eigenvalue weighted by Crippen LogP contribution is -2.46. The highest BCUT2D eigenvalue weighted by molar-refractivity contribution is 5.77. The maximum atomic E-state index is 12.7. The van der Waals surface area contributed by atoms with E-state index in [2.05, 4.69) is 12.2 Å². The Kier molecular flexibility index (Phi) is 5.17. The van der Waals surface area contributed by atoms with Crippen molar-refractivity contribution in [1.82, 2.24) is 5.32 Å². The predicted molar refractivity (Wildman–Crippen MR) is 77.5 cm³/mol. The van der Waals surface area contributed by atoms with Gasteiger partial charge in [0.25, 0.3) is 5.91 Å². The van der Waals surface area contributed by atoms with Gasteiger partial charge in [-0.1, -0.05) is 19.8 Å². The Labute approximate surface area is 124 Å². The number of halogens is 1. The maximum absolute atomic E-state index is 12.7. The zero-order chi connectivity index (χ0) is 15.3. The summed E-state index contributed by atoms with van der Waals surface area (Å²) in [6.45, 7) is 2.23. The second-order valence-corrected chi connectivity index (χ2v) is 5.95. The van der Waals surface area contributed by atoms with Crippen molar-refractivity contribution >= 4 is 5.91 Å². The standard InChI is InChI=1S/C16H22FNO3/c1-12-3-2-8-16(20,9-12)11-18-15(19)10-21-14-6-4-13(17)5-7-14/h4-7,12,20H,2-3,8-11H2,1H3,(H,18,19). The Morgan fingerprint density at radius 1 is 1.48 bits per heavy atom. The van der Waals surface area contributed by atoms with Crippen molar-refractivity contribution in [3.63, 3.8) is 0 Å². The molecule has 1 aliphatic rings. The fourth-order valence-electron chi connectivity index (χ4n) is 2.79. The summed E-state index contributed by atoms with van der Waals surface area (Å²) in [5, 5.41) is 13.1. The number of aliphatic hydroxyl groups is 1. The average molecular weight is 295 g/mol. The number of benzene rings is 1. The minimum atomic E-state index is -0.802. The molecule has 2 unspecified atom stereocenters. The molecule has 0 heterocycles. The molecular formula is C16H22FNO3. The molecule has 5 heteroatoms. The van der Waals surface area contributed by atoms with Gasteiger partial charge in [0.2, 0.25) is 0 Å². The van der Waals surface area contributed by atoms with Crippen LogP contribution in [0.15, 0.2) is 24.3 Å². The molecule has 4 nitrogen and oxygen atoms in total. The molecule has 116 valence electrons. The molecule has 1 saturated carbocycles. The molecule has 2 atom stereocenters. The van der Waals surface area contributed by atoms with E-state index in [1.54, 1.807) is 0 Å². The largest absolute Gasteiger partial charge is 0.484 e. The Hall–Kier alpha value is -1.62. The molecule has 0 radical (unpaired) electrons. The van der Waals surface area contributed by atoms with Crippen molar-refractivity contribution < 1.29 is 19.0 Å². The van der Waals surface area contributed by atoms with Gasteiger partial charge in [0.05, 0.1) is 5.60 Å². The van der Waals surface area contributed by atoms with Crippen LogP contribution in [0.3, 0.4) is 0 Å². The van der Waals surface area contributed by atoms with Gasteiger partial charge >= 0.3 is 0 Å². The fraction of sp³-hybridized carbons (Fsp3) is 0.562. The van der Waals surface area contributed by atoms with E-state index in [1.165, 1.54) is 24.3 Å². The normalized spacial score (nSPS) is 25.4. The first-order valence-electron chi connectivity index (χ1n) is 7.34. The Morgan fingerprint density at radius 2 is 2.19 bits per heavy atom. The lowest BCUT2D eigenvalue weighted by molar-refractivity contribution is -0.125. The third kappa shape index (κ3) is 5.01. The number of carbonyl (C=O) groups excluding carboxylic acids is 1. The van der Waals surface area contributed by atoms with E-state index in [0.717, 1.165) is 19.3 Å². The molecule has 0 aromatic heterocycles. The van der Waals surface area contributed by atoms with E-state index < -0.39 is 5.60 Å². The van der Waals surface area contributed by atoms with Crippen LogP contribution in [0.2, 0.25) is 0 Å². The van der Waals surface area contributed by atoms with Gasteiger partial charge in [0.15, 0.2) is 6.61 Å². The van der Waals surface area contributed by atoms with Crippen molar-refractivity contribution in [2.45, 2.75) is 38.2 Å². The topological polar surface area (TPSA) is 58.6 Å². The van der Waals surface area contributed by atoms with Crippen LogP contribution in [0.5, 0.6) is 5.75 Å². The van der Waals surface area contributed by atoms with Gasteiger partial charge in [0.1, 0.15) is 11.6 Å². The average Bonchev–Trinajstić information content (AvgIpc) is 2.44. The lowest BCUT2D eigenvalue weighted by Gasteiger charge is -2.35. The van der Waals surface area contributed by atoms with Crippen LogP contribution in [-0.2, 0) is 4.79 Å². The Balaban J connectivity index is 1.73. The molecule has 0 bridgehead atoms. The van der Waals surface area contributed by atoms with Gasteiger partial charge < -0.3 is 15.2 Å². The van der Waals surface area contributed by atoms with Gasteiger partial charge in [-0.05, 0) is 43.0 Å². The molecule has 0 saturated heterocycles. The summed E-state index contributed by atoms with van der Waals surface area (Å²) in [5.74, 6) is 0.291. The highest BCUT2D eigenvalue weighted by Gasteiger charge is 2.32. The Bertz CT molecular complexity index is 477. The highest BCUT2D eigenvalue weighted by Crippen LogP contribution is 2.31. The number of ether oxygens (including phenoxy) is 1. The molecule has 2 N–H and O–H groups in total. The second-order valence-electron chi connectivity index (χ2n) is 5.95. The highest BCUT2D eigenvalue weighted by atomic mass is 19.1. The molecule has 1 amide bonds. The van der Waals surface area contributed by atoms with Crippen LogP contribution >= 0.6 is 0 Å². The molecule has 0 aliphatic heterocycles. The van der Waals surface area contributed by atoms with E-state index in [4.69, 9.17) is 4.74 Å². The number of carbonyl (C=O) groups is 1. The van der Waals surface area contributed by atoms with Gasteiger partial charge in [-0.25, -0.2) is 4.39 Å². The zero-order valence-corrected chi connectivity index (χ0v) is 12.3. The third-order valence-electron chi connectivity index (χ3n) is 3.87. The first kappa shape index (κ1) is 15.8. The van der Waals surface area contributed by atoms with Gasteiger partial charge in [-0.15, -0.1) is 0 Å². The summed E-state index contributed by atoms with van der Waals surface area (Å²) in [7, 11) is 0. The maximum Gasteiger partial charge on any atom is 0.258 e. The second kappa shape index (κ2) is 6.89. The fourth-order valence-corrected chi connectivity index (χ4v) is 2.79. The summed E-state index contributed by atoms with van der Waals surface area (Å²) in [6.07, 6.45) is 3.55. The van der Waals surface area contributed by atoms with E-state index in [1.807, 2.05) is 0 Å². The number of hydrogen-bond donors (Lipinski definition) is 2. The minimum Gasteiger partial charge on any atom is -0.484 e. The summed E-state index contributed by atoms with van der Waals surface area (Å²) in [5.41, 5.74) is -0.802. The lowest BCUT2D eigenvalue weighted by atomic mass is 9.79. The number of nitrogens with one attached hydrogen (secondary N) is 1. The van der Waals surface area contributed by atoms with Crippen LogP contribution in [0.25, 0.3) is 0 Å². The molecular weight excluding hydrogens is 273 g/mol. The van der Waals surface area contributed by atoms with Crippen LogP contribution in [-0.4, -0.2) is 29.8 Å². The van der Waals surface area contributed by atoms with E-state index >= 15 is 0 Å². The summed E-state index contributed by atoms with van der Waals surface area (Å²) >= 11 is 0. The van der Waals surface area contributed by atoms with E-state index in [-0.39, 0.29) is 24.9 Å². The van der Waals surface area contributed by atoms with E-state index in [9.17, 15) is 14.3 Å². The van der Waals surface area contributed by atoms with Crippen molar-refractivity contribution in [2.24, 2.45) is 5.92 Å². The van der Waals surface area contributed by atoms with E-state index in [0.29, 0.717) is 18.1 Å². The van der Waals surface area contributed by atoms with Crippen LogP contribution in [0.1, 0.15) is 32.6 Å². The molecule has 0 spiro atoms. The summed E-state index contributed by atoms with van der Waals surface area (Å²) in [4.78, 5) is 11.7. The molecule has 21 heavy (non-hydrogen) atoms. The molecule has 1 aromatic rings. The van der Waals surface area contributed by atoms with Crippen molar-refractivity contribution in [3.05, 3.63) is 30.1 Å². The summed E-state index contributed by atoms with van der Waals surface area (Å²) < 4.78 is 18.0. The van der Waals surface area contributed by atoms with Crippen molar-refractivity contribution in [1.29, 1.82) is 0 Å². The molecule has 1 aromatic carbocycles. The number of rotatable bonds is 5. The number of hydrogen-bond acceptors (Lipinski definition) is 3. The molecule has 1 aliphatic carbocycles. The molecule has 2 rings (SSSR count). The van der Waals surface area contributed by atoms with Crippen LogP contribution in [0, 0.1) is 11.7 Å². The monoisotopic (exact) mass is 295 g/mol. The quantitative estimate of drug-likeness (QED) is 0.876. The SMILES string of the molecule is CC1CCCC(O)(CNC(=O)COc2ccc(F)cc2)C1. The number of amides is 1. The van der Waals surface area contributed by atoms with Crippen molar-refractivity contribution in [2.75, 3.05) is 13.2 Å². The zero-order valence-electron chi connectivity index (χ0n) is 12.3. The first-order chi connectivity index (χ1) is 9.97. The third-order valence-corrected chi connectivity index (χ3v) is 3.87. The van der Waals surface area contributed by atoms with Gasteiger partial charge in [-0.2, -0.15) is 0 Å². The van der Waals surface area contributed by atoms with Crippen LogP contribution < -0.4 is 10.1 Å². The molecule has 1 fully saturated rings. The van der Waals surface area contributed by atoms with Crippen molar-refractivity contribution in [3.8, 4) is 5.75 Å². The Morgan fingerprint density at radius 3 is 2.86 bits per heavy atom.